The fourth-order valence-corrected chi connectivity index (χ4v) is 0. The first-order valence-corrected chi connectivity index (χ1v) is 1.85. The van der Waals surface area contributed by atoms with Crippen LogP contribution >= 0.6 is 25.6 Å². The summed E-state index contributed by atoms with van der Waals surface area (Å²) in [6.07, 6.45) is -1.18. The minimum atomic E-state index is -1.18. The Kier molecular flexibility index (Phi) is 7.69. The Morgan fingerprint density at radius 1 is 1.57 bits per heavy atom. The molecule has 0 saturated carbocycles. The van der Waals surface area contributed by atoms with Crippen LogP contribution in [0.15, 0.2) is 0 Å². The molecule has 0 heterocycles. The van der Waals surface area contributed by atoms with Gasteiger partial charge in [-0.15, -0.1) is 0 Å². The van der Waals surface area contributed by atoms with Crippen LogP contribution in [0, 0.1) is 0 Å². The van der Waals surface area contributed by atoms with Crippen molar-refractivity contribution >= 4 is 57.9 Å². The SMILES string of the molecule is O=C(O)N(S)S.[BiH3]. The predicted molar refractivity (Wildman–Crippen MR) is 37.8 cm³/mol. The number of nitrogens with zero attached hydrogens (tertiary/aromatic N) is 1. The van der Waals surface area contributed by atoms with Crippen molar-refractivity contribution in [3.05, 3.63) is 0 Å². The summed E-state index contributed by atoms with van der Waals surface area (Å²) in [4.78, 5) is 9.47. The quantitative estimate of drug-likeness (QED) is 0.411. The Bertz CT molecular complexity index is 66.7. The molecular formula is CH6BiNO2S2. The summed E-state index contributed by atoms with van der Waals surface area (Å²) in [6.45, 7) is 0. The molecule has 0 atom stereocenters. The molecule has 6 heteroatoms. The molecule has 0 aliphatic heterocycles. The van der Waals surface area contributed by atoms with Crippen molar-refractivity contribution in [2.24, 2.45) is 0 Å². The Hall–Kier alpha value is 0.853. The third kappa shape index (κ3) is 6.85. The summed E-state index contributed by atoms with van der Waals surface area (Å²) in [7, 11) is 0. The number of carbonyl (C=O) groups is 1. The average molecular weight is 337 g/mol. The second-order valence-corrected chi connectivity index (χ2v) is 1.69. The van der Waals surface area contributed by atoms with Gasteiger partial charge < -0.3 is 5.11 Å². The van der Waals surface area contributed by atoms with Gasteiger partial charge in [0.05, 0.1) is 0 Å². The van der Waals surface area contributed by atoms with Crippen LogP contribution < -0.4 is 0 Å². The standard InChI is InChI=1S/CH3NO2S2.Bi.3H/c3-1(4)2(5)6;;;;/h5-6H,(H,3,4);;;;. The zero-order chi connectivity index (χ0) is 5.15. The maximum absolute atomic E-state index is 9.47. The molecule has 0 saturated heterocycles. The van der Waals surface area contributed by atoms with E-state index < -0.39 is 6.09 Å². The van der Waals surface area contributed by atoms with Crippen molar-refractivity contribution in [1.29, 1.82) is 0 Å². The van der Waals surface area contributed by atoms with Gasteiger partial charge in [0.1, 0.15) is 0 Å². The summed E-state index contributed by atoms with van der Waals surface area (Å²) in [5, 5.41) is 7.76. The van der Waals surface area contributed by atoms with Crippen molar-refractivity contribution in [3.63, 3.8) is 0 Å². The molecule has 3 nitrogen and oxygen atoms in total. The second kappa shape index (κ2) is 5.00. The molecule has 0 aliphatic rings. The fourth-order valence-electron chi connectivity index (χ4n) is 0. The Labute approximate surface area is 71.3 Å². The summed E-state index contributed by atoms with van der Waals surface area (Å²) in [6, 6.07) is 0. The van der Waals surface area contributed by atoms with E-state index in [1.54, 1.807) is 0 Å². The fraction of sp³-hybridized carbons (Fsp3) is 0. The van der Waals surface area contributed by atoms with Gasteiger partial charge in [-0.3, -0.25) is 0 Å². The molecule has 0 rings (SSSR count). The van der Waals surface area contributed by atoms with Gasteiger partial charge in [-0.2, -0.15) is 3.71 Å². The molecule has 0 unspecified atom stereocenters. The van der Waals surface area contributed by atoms with Crippen molar-refractivity contribution in [1.82, 2.24) is 3.71 Å². The van der Waals surface area contributed by atoms with E-state index >= 15 is 0 Å². The van der Waals surface area contributed by atoms with Crippen molar-refractivity contribution in [2.75, 3.05) is 0 Å². The van der Waals surface area contributed by atoms with Gasteiger partial charge in [-0.05, 0) is 25.6 Å². The topological polar surface area (TPSA) is 40.5 Å². The maximum atomic E-state index is 9.47. The van der Waals surface area contributed by atoms with E-state index in [9.17, 15) is 4.79 Å². The predicted octanol–water partition coefficient (Wildman–Crippen LogP) is -0.528. The minimum absolute atomic E-state index is 0. The first-order valence-electron chi connectivity index (χ1n) is 1.05. The van der Waals surface area contributed by atoms with Gasteiger partial charge in [0.15, 0.2) is 0 Å². The van der Waals surface area contributed by atoms with Gasteiger partial charge >= 0.3 is 32.3 Å². The summed E-state index contributed by atoms with van der Waals surface area (Å²) >= 11 is 6.58. The van der Waals surface area contributed by atoms with Crippen molar-refractivity contribution in [3.8, 4) is 0 Å². The Morgan fingerprint density at radius 3 is 1.71 bits per heavy atom. The summed E-state index contributed by atoms with van der Waals surface area (Å²) in [5.74, 6) is 0. The second-order valence-electron chi connectivity index (χ2n) is 0.572. The number of thiol groups is 2. The van der Waals surface area contributed by atoms with E-state index in [0.717, 1.165) is 0 Å². The number of hydrogen-bond donors (Lipinski definition) is 3. The Morgan fingerprint density at radius 2 is 1.71 bits per heavy atom. The molecule has 0 aromatic heterocycles. The van der Waals surface area contributed by atoms with Crippen molar-refractivity contribution < 1.29 is 9.90 Å². The van der Waals surface area contributed by atoms with Gasteiger partial charge in [-0.1, -0.05) is 0 Å². The van der Waals surface area contributed by atoms with Crippen LogP contribution in [-0.2, 0) is 0 Å². The molecule has 0 radical (unpaired) electrons. The van der Waals surface area contributed by atoms with Crippen LogP contribution in [0.1, 0.15) is 0 Å². The van der Waals surface area contributed by atoms with Crippen LogP contribution in [0.5, 0.6) is 0 Å². The number of rotatable bonds is 0. The van der Waals surface area contributed by atoms with Crippen LogP contribution in [-0.4, -0.2) is 41.1 Å². The van der Waals surface area contributed by atoms with E-state index in [4.69, 9.17) is 5.11 Å². The van der Waals surface area contributed by atoms with E-state index in [-0.39, 0.29) is 26.2 Å². The zero-order valence-corrected chi connectivity index (χ0v) is 10.7. The molecular weight excluding hydrogens is 331 g/mol. The van der Waals surface area contributed by atoms with Crippen LogP contribution in [0.2, 0.25) is 0 Å². The molecule has 0 fully saturated rings. The molecule has 7 heavy (non-hydrogen) atoms. The number of hydrogen-bond acceptors (Lipinski definition) is 3. The van der Waals surface area contributed by atoms with E-state index in [1.165, 1.54) is 0 Å². The summed E-state index contributed by atoms with van der Waals surface area (Å²) < 4.78 is 0.472. The first-order chi connectivity index (χ1) is 2.64. The normalized spacial score (nSPS) is 6.57. The van der Waals surface area contributed by atoms with E-state index in [2.05, 4.69) is 25.6 Å². The molecule has 44 valence electrons. The first kappa shape index (κ1) is 10.8. The average Bonchev–Trinajstić information content (AvgIpc) is 1.36. The van der Waals surface area contributed by atoms with Crippen molar-refractivity contribution in [2.45, 2.75) is 0 Å². The van der Waals surface area contributed by atoms with Gasteiger partial charge in [-0.25, -0.2) is 4.79 Å². The summed E-state index contributed by atoms with van der Waals surface area (Å²) in [5.41, 5.74) is 0. The molecule has 0 spiro atoms. The van der Waals surface area contributed by atoms with Gasteiger partial charge in [0, 0.05) is 0 Å². The molecule has 1 amide bonds. The van der Waals surface area contributed by atoms with Crippen LogP contribution in [0.3, 0.4) is 0 Å². The number of amides is 1. The molecule has 1 N–H and O–H groups in total. The van der Waals surface area contributed by atoms with Crippen LogP contribution in [0.25, 0.3) is 0 Å². The van der Waals surface area contributed by atoms with E-state index in [0.29, 0.717) is 3.71 Å². The Balaban J connectivity index is 0. The molecule has 0 aromatic carbocycles. The zero-order valence-electron chi connectivity index (χ0n) is 3.40. The van der Waals surface area contributed by atoms with E-state index in [1.807, 2.05) is 0 Å². The third-order valence-corrected chi connectivity index (χ3v) is 0.513. The number of carboxylic acid groups (broad SMARTS) is 1. The molecule has 0 bridgehead atoms. The monoisotopic (exact) mass is 337 g/mol. The molecule has 0 aliphatic carbocycles. The van der Waals surface area contributed by atoms with Gasteiger partial charge in [0.25, 0.3) is 0 Å². The third-order valence-electron chi connectivity index (χ3n) is 0.171. The van der Waals surface area contributed by atoms with Gasteiger partial charge in [0.2, 0.25) is 0 Å². The van der Waals surface area contributed by atoms with Crippen LogP contribution in [0.4, 0.5) is 4.79 Å². The molecule has 0 aromatic rings.